The van der Waals surface area contributed by atoms with Crippen molar-refractivity contribution in [3.8, 4) is 0 Å². The first-order valence-electron chi connectivity index (χ1n) is 15.5. The number of benzene rings is 2. The van der Waals surface area contributed by atoms with Crippen molar-refractivity contribution in [3.63, 3.8) is 0 Å². The minimum Gasteiger partial charge on any atom is -0.354 e. The average molecular weight is 654 g/mol. The van der Waals surface area contributed by atoms with Crippen LogP contribution in [-0.2, 0) is 27.3 Å². The Hall–Kier alpha value is -4.32. The van der Waals surface area contributed by atoms with Gasteiger partial charge in [0, 0.05) is 32.5 Å². The number of aryl methyl sites for hydroxylation is 2. The van der Waals surface area contributed by atoms with E-state index >= 15 is 0 Å². The van der Waals surface area contributed by atoms with Gasteiger partial charge in [0.15, 0.2) is 5.82 Å². The lowest BCUT2D eigenvalue weighted by Crippen LogP contribution is -2.50. The number of carbonyl (C=O) groups is 4. The Kier molecular flexibility index (Phi) is 11.9. The molecule has 246 valence electrons. The van der Waals surface area contributed by atoms with E-state index in [0.29, 0.717) is 23.6 Å². The van der Waals surface area contributed by atoms with Gasteiger partial charge in [-0.15, -0.1) is 0 Å². The van der Waals surface area contributed by atoms with Gasteiger partial charge in [0.05, 0.1) is 16.6 Å². The maximum atomic E-state index is 14.8. The lowest BCUT2D eigenvalue weighted by Gasteiger charge is -2.26. The fourth-order valence-electron chi connectivity index (χ4n) is 5.37. The third kappa shape index (κ3) is 8.90. The first-order valence-corrected chi connectivity index (χ1v) is 15.9. The van der Waals surface area contributed by atoms with Crippen molar-refractivity contribution in [2.75, 3.05) is 19.6 Å². The average Bonchev–Trinajstić information content (AvgIpc) is 3.37. The molecule has 1 aliphatic heterocycles. The molecular formula is C33H41ClFN7O4. The minimum atomic E-state index is -0.909. The van der Waals surface area contributed by atoms with E-state index in [2.05, 4.69) is 26.0 Å². The van der Waals surface area contributed by atoms with Gasteiger partial charge in [0.2, 0.25) is 17.7 Å². The fraction of sp³-hybridized carbons (Fsp3) is 0.455. The predicted octanol–water partition coefficient (Wildman–Crippen LogP) is 3.67. The Morgan fingerprint density at radius 1 is 1.02 bits per heavy atom. The third-order valence-corrected chi connectivity index (χ3v) is 8.31. The Bertz CT molecular complexity index is 1560. The topological polar surface area (TPSA) is 138 Å². The van der Waals surface area contributed by atoms with Crippen molar-refractivity contribution >= 4 is 35.2 Å². The lowest BCUT2D eigenvalue weighted by atomic mass is 10.0. The molecule has 13 heteroatoms. The molecule has 46 heavy (non-hydrogen) atoms. The van der Waals surface area contributed by atoms with Crippen molar-refractivity contribution in [1.82, 2.24) is 35.6 Å². The highest BCUT2D eigenvalue weighted by molar-refractivity contribution is 6.34. The molecule has 0 spiro atoms. The number of aromatic nitrogens is 3. The molecule has 3 N–H and O–H groups in total. The quantitative estimate of drug-likeness (QED) is 0.393. The molecule has 0 saturated carbocycles. The van der Waals surface area contributed by atoms with E-state index in [1.54, 1.807) is 13.8 Å². The van der Waals surface area contributed by atoms with Crippen molar-refractivity contribution in [2.45, 2.75) is 72.0 Å². The van der Waals surface area contributed by atoms with Gasteiger partial charge < -0.3 is 20.9 Å². The molecule has 0 fully saturated rings. The number of fused-ring (bicyclic) bond motifs is 1. The van der Waals surface area contributed by atoms with E-state index in [0.717, 1.165) is 5.56 Å². The van der Waals surface area contributed by atoms with E-state index < -0.39 is 29.7 Å². The van der Waals surface area contributed by atoms with Gasteiger partial charge in [0.25, 0.3) is 5.91 Å². The highest BCUT2D eigenvalue weighted by atomic mass is 35.5. The number of nitrogens with zero attached hydrogens (tertiary/aromatic N) is 4. The molecule has 0 radical (unpaired) electrons. The second kappa shape index (κ2) is 15.8. The highest BCUT2D eigenvalue weighted by Gasteiger charge is 2.30. The van der Waals surface area contributed by atoms with Crippen molar-refractivity contribution in [2.24, 2.45) is 5.92 Å². The number of hydrogen-bond donors (Lipinski definition) is 3. The van der Waals surface area contributed by atoms with Gasteiger partial charge in [-0.25, -0.2) is 14.1 Å². The van der Waals surface area contributed by atoms with Crippen LogP contribution in [0.25, 0.3) is 0 Å². The second-order valence-corrected chi connectivity index (χ2v) is 12.2. The Morgan fingerprint density at radius 3 is 2.46 bits per heavy atom. The SMILES string of the molecule is Cc1nc2n(n1)CC(=O)NCCCN(C(=O)c1c(F)ccc(C)c1Cl)CCCC(=O)N[C@H](Cc1ccccc1)C(=O)N[C@H]2C(C)C. The van der Waals surface area contributed by atoms with Crippen LogP contribution in [0.2, 0.25) is 5.02 Å². The van der Waals surface area contributed by atoms with Crippen molar-refractivity contribution < 1.29 is 23.6 Å². The van der Waals surface area contributed by atoms with Crippen LogP contribution in [-0.4, -0.2) is 69.0 Å². The molecule has 2 heterocycles. The van der Waals surface area contributed by atoms with Crippen LogP contribution in [0.3, 0.4) is 0 Å². The monoisotopic (exact) mass is 653 g/mol. The van der Waals surface area contributed by atoms with Crippen LogP contribution in [0.4, 0.5) is 4.39 Å². The molecule has 11 nitrogen and oxygen atoms in total. The summed E-state index contributed by atoms with van der Waals surface area (Å²) in [5, 5.41) is 13.2. The summed E-state index contributed by atoms with van der Waals surface area (Å²) in [5.41, 5.74) is 1.19. The maximum Gasteiger partial charge on any atom is 0.258 e. The van der Waals surface area contributed by atoms with E-state index in [-0.39, 0.29) is 73.8 Å². The molecule has 0 aliphatic carbocycles. The number of nitrogens with one attached hydrogen (secondary N) is 3. The minimum absolute atomic E-state index is 0.0181. The van der Waals surface area contributed by atoms with Crippen LogP contribution in [0.15, 0.2) is 42.5 Å². The van der Waals surface area contributed by atoms with Crippen LogP contribution in [0, 0.1) is 25.6 Å². The Morgan fingerprint density at radius 2 is 1.74 bits per heavy atom. The number of halogens is 2. The van der Waals surface area contributed by atoms with Crippen LogP contribution in [0.5, 0.6) is 0 Å². The maximum absolute atomic E-state index is 14.8. The van der Waals surface area contributed by atoms with Crippen LogP contribution < -0.4 is 16.0 Å². The summed E-state index contributed by atoms with van der Waals surface area (Å²) in [6, 6.07) is 10.6. The summed E-state index contributed by atoms with van der Waals surface area (Å²) in [6.07, 6.45) is 0.894. The molecule has 1 aliphatic rings. The van der Waals surface area contributed by atoms with E-state index in [1.165, 1.54) is 21.7 Å². The van der Waals surface area contributed by atoms with Gasteiger partial charge >= 0.3 is 0 Å². The van der Waals surface area contributed by atoms with E-state index in [4.69, 9.17) is 11.6 Å². The van der Waals surface area contributed by atoms with Gasteiger partial charge in [-0.05, 0) is 49.8 Å². The van der Waals surface area contributed by atoms with Crippen molar-refractivity contribution in [1.29, 1.82) is 0 Å². The molecule has 0 bridgehead atoms. The van der Waals surface area contributed by atoms with Gasteiger partial charge in [-0.1, -0.05) is 61.8 Å². The van der Waals surface area contributed by atoms with E-state index in [1.807, 2.05) is 44.2 Å². The molecule has 0 unspecified atom stereocenters. The number of rotatable bonds is 4. The summed E-state index contributed by atoms with van der Waals surface area (Å²) in [6.45, 7) is 7.68. The van der Waals surface area contributed by atoms with Gasteiger partial charge in [-0.3, -0.25) is 19.2 Å². The summed E-state index contributed by atoms with van der Waals surface area (Å²) in [5.74, 6) is -1.67. The van der Waals surface area contributed by atoms with Gasteiger partial charge in [0.1, 0.15) is 24.2 Å². The lowest BCUT2D eigenvalue weighted by molar-refractivity contribution is -0.129. The summed E-state index contributed by atoms with van der Waals surface area (Å²) in [7, 11) is 0. The zero-order valence-corrected chi connectivity index (χ0v) is 27.4. The third-order valence-electron chi connectivity index (χ3n) is 7.82. The smallest absolute Gasteiger partial charge is 0.258 e. The first-order chi connectivity index (χ1) is 21.9. The Balaban J connectivity index is 1.63. The molecule has 0 saturated heterocycles. The molecule has 2 aromatic carbocycles. The van der Waals surface area contributed by atoms with E-state index in [9.17, 15) is 23.6 Å². The second-order valence-electron chi connectivity index (χ2n) is 11.9. The molecule has 4 rings (SSSR count). The van der Waals surface area contributed by atoms with Crippen molar-refractivity contribution in [3.05, 3.63) is 81.6 Å². The first kappa shape index (κ1) is 34.6. The highest BCUT2D eigenvalue weighted by Crippen LogP contribution is 2.25. The Labute approximate surface area is 273 Å². The summed E-state index contributed by atoms with van der Waals surface area (Å²) in [4.78, 5) is 59.5. The molecule has 3 aromatic rings. The number of hydrogen-bond acceptors (Lipinski definition) is 6. The van der Waals surface area contributed by atoms with Crippen LogP contribution >= 0.6 is 11.6 Å². The zero-order chi connectivity index (χ0) is 33.4. The molecular weight excluding hydrogens is 613 g/mol. The van der Waals surface area contributed by atoms with Gasteiger partial charge in [-0.2, -0.15) is 5.10 Å². The molecule has 2 atom stereocenters. The van der Waals surface area contributed by atoms with Crippen LogP contribution in [0.1, 0.15) is 72.3 Å². The molecule has 4 amide bonds. The number of carbonyl (C=O) groups excluding carboxylic acids is 4. The summed E-state index contributed by atoms with van der Waals surface area (Å²) >= 11 is 6.35. The predicted molar refractivity (Wildman–Crippen MR) is 171 cm³/mol. The zero-order valence-electron chi connectivity index (χ0n) is 26.6. The molecule has 1 aromatic heterocycles. The standard InChI is InChI=1S/C33H41ClFN7O4/c1-20(2)30-31-37-22(4)40-42(31)19-27(44)36-15-9-17-41(33(46)28-24(35)14-13-21(3)29(28)34)16-8-12-26(43)38-25(32(45)39-30)18-23-10-6-5-7-11-23/h5-7,10-11,13-14,20,25,30H,8-9,12,15-19H2,1-4H3,(H,36,44)(H,38,43)(H,39,45)/t25-,30+/m1/s1. The normalized spacial score (nSPS) is 19.0. The largest absolute Gasteiger partial charge is 0.354 e. The number of amides is 4. The fourth-order valence-corrected chi connectivity index (χ4v) is 5.61. The summed E-state index contributed by atoms with van der Waals surface area (Å²) < 4.78 is 16.3.